The summed E-state index contributed by atoms with van der Waals surface area (Å²) in [6.07, 6.45) is 0. The van der Waals surface area contributed by atoms with Crippen LogP contribution in [0.1, 0.15) is 5.56 Å². The summed E-state index contributed by atoms with van der Waals surface area (Å²) in [5.74, 6) is 1.65. The monoisotopic (exact) mass is 407 g/mol. The number of piperazine rings is 1. The Hall–Kier alpha value is -2.29. The number of rotatable bonds is 7. The number of nitrogens with zero attached hydrogens (tertiary/aromatic N) is 1. The van der Waals surface area contributed by atoms with Crippen LogP contribution in [0.2, 0.25) is 0 Å². The summed E-state index contributed by atoms with van der Waals surface area (Å²) >= 11 is 0. The molecule has 0 spiro atoms. The Morgan fingerprint density at radius 1 is 0.929 bits per heavy atom. The van der Waals surface area contributed by atoms with E-state index in [1.807, 2.05) is 18.2 Å². The maximum atomic E-state index is 13.1. The van der Waals surface area contributed by atoms with Crippen LogP contribution in [0.3, 0.4) is 0 Å². The van der Waals surface area contributed by atoms with Gasteiger partial charge in [-0.1, -0.05) is 12.1 Å². The molecule has 0 atom stereocenters. The topological polar surface area (TPSA) is 69.5 Å². The molecule has 0 saturated carbocycles. The number of ether oxygens (including phenoxy) is 3. The van der Waals surface area contributed by atoms with Crippen LogP contribution >= 0.6 is 0 Å². The van der Waals surface area contributed by atoms with Crippen LogP contribution < -0.4 is 19.1 Å². The van der Waals surface area contributed by atoms with Crippen molar-refractivity contribution in [2.75, 3.05) is 47.5 Å². The maximum Gasteiger partial charge on any atom is 0.247 e. The fraction of sp³-hybridized carbons (Fsp3) is 0.400. The predicted octanol–water partition coefficient (Wildman–Crippen LogP) is 0.802. The smallest absolute Gasteiger partial charge is 0.247 e. The Kier molecular flexibility index (Phi) is 6.43. The van der Waals surface area contributed by atoms with E-state index < -0.39 is 10.0 Å². The van der Waals surface area contributed by atoms with Crippen molar-refractivity contribution in [2.45, 2.75) is 11.4 Å². The minimum absolute atomic E-state index is 0.144. The molecule has 28 heavy (non-hydrogen) atoms. The van der Waals surface area contributed by atoms with Gasteiger partial charge in [0.2, 0.25) is 10.0 Å². The van der Waals surface area contributed by atoms with Crippen LogP contribution in [0.5, 0.6) is 17.2 Å². The highest BCUT2D eigenvalue weighted by atomic mass is 32.2. The van der Waals surface area contributed by atoms with Crippen LogP contribution in [0.15, 0.2) is 47.4 Å². The predicted molar refractivity (Wildman–Crippen MR) is 106 cm³/mol. The second-order valence-corrected chi connectivity index (χ2v) is 8.61. The van der Waals surface area contributed by atoms with E-state index in [1.165, 1.54) is 35.1 Å². The molecule has 1 N–H and O–H groups in total. The highest BCUT2D eigenvalue weighted by Gasteiger charge is 2.32. The summed E-state index contributed by atoms with van der Waals surface area (Å²) in [6.45, 7) is 3.24. The van der Waals surface area contributed by atoms with E-state index in [9.17, 15) is 8.42 Å². The lowest BCUT2D eigenvalue weighted by Crippen LogP contribution is -3.13. The maximum absolute atomic E-state index is 13.1. The van der Waals surface area contributed by atoms with E-state index in [4.69, 9.17) is 14.2 Å². The SMILES string of the molecule is COc1cccc(C[NH+]2CCN(S(=O)(=O)c3cc(OC)ccc3OC)CC2)c1. The Labute approximate surface area is 166 Å². The van der Waals surface area contributed by atoms with Gasteiger partial charge in [-0.15, -0.1) is 0 Å². The van der Waals surface area contributed by atoms with Crippen molar-refractivity contribution in [1.29, 1.82) is 0 Å². The zero-order valence-electron chi connectivity index (χ0n) is 16.5. The number of benzene rings is 2. The first-order valence-electron chi connectivity index (χ1n) is 9.16. The fourth-order valence-corrected chi connectivity index (χ4v) is 5.03. The quantitative estimate of drug-likeness (QED) is 0.735. The summed E-state index contributed by atoms with van der Waals surface area (Å²) in [4.78, 5) is 1.49. The summed E-state index contributed by atoms with van der Waals surface area (Å²) in [5.41, 5.74) is 1.18. The molecule has 1 saturated heterocycles. The lowest BCUT2D eigenvalue weighted by atomic mass is 10.2. The molecule has 2 aromatic carbocycles. The molecule has 1 heterocycles. The molecule has 152 valence electrons. The third-order valence-electron chi connectivity index (χ3n) is 5.01. The second kappa shape index (κ2) is 8.81. The Morgan fingerprint density at radius 3 is 2.25 bits per heavy atom. The fourth-order valence-electron chi connectivity index (χ4n) is 3.42. The normalized spacial score (nSPS) is 16.0. The average molecular weight is 408 g/mol. The summed E-state index contributed by atoms with van der Waals surface area (Å²) in [7, 11) is 0.988. The molecule has 3 rings (SSSR count). The van der Waals surface area contributed by atoms with Crippen LogP contribution in [0, 0.1) is 0 Å². The Balaban J connectivity index is 1.70. The van der Waals surface area contributed by atoms with Gasteiger partial charge in [0.15, 0.2) is 0 Å². The number of hydrogen-bond acceptors (Lipinski definition) is 5. The van der Waals surface area contributed by atoms with Gasteiger partial charge in [-0.3, -0.25) is 0 Å². The zero-order chi connectivity index (χ0) is 20.1. The van der Waals surface area contributed by atoms with Crippen molar-refractivity contribution < 1.29 is 27.5 Å². The molecule has 2 aromatic rings. The third-order valence-corrected chi connectivity index (χ3v) is 6.93. The average Bonchev–Trinajstić information content (AvgIpc) is 2.73. The first-order valence-corrected chi connectivity index (χ1v) is 10.6. The van der Waals surface area contributed by atoms with E-state index in [0.29, 0.717) is 24.6 Å². The number of hydrogen-bond donors (Lipinski definition) is 1. The van der Waals surface area contributed by atoms with Crippen molar-refractivity contribution >= 4 is 10.0 Å². The van der Waals surface area contributed by atoms with Crippen molar-refractivity contribution in [3.8, 4) is 17.2 Å². The summed E-state index contributed by atoms with van der Waals surface area (Å²) in [5, 5.41) is 0. The summed E-state index contributed by atoms with van der Waals surface area (Å²) < 4.78 is 43.6. The zero-order valence-corrected chi connectivity index (χ0v) is 17.3. The number of sulfonamides is 1. The van der Waals surface area contributed by atoms with Crippen LogP contribution in [-0.4, -0.2) is 60.2 Å². The highest BCUT2D eigenvalue weighted by Crippen LogP contribution is 2.30. The van der Waals surface area contributed by atoms with Gasteiger partial charge in [0.05, 0.1) is 47.5 Å². The molecule has 0 unspecified atom stereocenters. The second-order valence-electron chi connectivity index (χ2n) is 6.70. The molecule has 1 aliphatic rings. The van der Waals surface area contributed by atoms with Gasteiger partial charge in [-0.2, -0.15) is 4.31 Å². The van der Waals surface area contributed by atoms with Crippen LogP contribution in [0.4, 0.5) is 0 Å². The van der Waals surface area contributed by atoms with Crippen LogP contribution in [-0.2, 0) is 16.6 Å². The number of nitrogens with one attached hydrogen (secondary N) is 1. The molecule has 0 aliphatic carbocycles. The van der Waals surface area contributed by atoms with Crippen molar-refractivity contribution in [3.05, 3.63) is 48.0 Å². The van der Waals surface area contributed by atoms with Crippen molar-refractivity contribution in [2.24, 2.45) is 0 Å². The van der Waals surface area contributed by atoms with Gasteiger partial charge in [0.25, 0.3) is 0 Å². The molecule has 1 fully saturated rings. The van der Waals surface area contributed by atoms with E-state index in [1.54, 1.807) is 19.2 Å². The minimum atomic E-state index is -3.65. The molecule has 7 nitrogen and oxygen atoms in total. The third kappa shape index (κ3) is 4.40. The summed E-state index contributed by atoms with van der Waals surface area (Å²) in [6, 6.07) is 12.8. The Bertz CT molecular complexity index is 909. The first-order chi connectivity index (χ1) is 13.5. The first kappa shape index (κ1) is 20.4. The molecule has 0 aromatic heterocycles. The molecular weight excluding hydrogens is 380 g/mol. The molecular formula is C20H27N2O5S+. The minimum Gasteiger partial charge on any atom is -0.497 e. The molecule has 8 heteroatoms. The van der Waals surface area contributed by atoms with Gasteiger partial charge in [-0.05, 0) is 24.3 Å². The van der Waals surface area contributed by atoms with Crippen molar-refractivity contribution in [3.63, 3.8) is 0 Å². The van der Waals surface area contributed by atoms with Gasteiger partial charge >= 0.3 is 0 Å². The highest BCUT2D eigenvalue weighted by molar-refractivity contribution is 7.89. The van der Waals surface area contributed by atoms with E-state index in [-0.39, 0.29) is 4.90 Å². The van der Waals surface area contributed by atoms with Gasteiger partial charge in [0, 0.05) is 11.6 Å². The largest absolute Gasteiger partial charge is 0.497 e. The molecule has 0 bridgehead atoms. The van der Waals surface area contributed by atoms with Gasteiger partial charge in [0.1, 0.15) is 28.7 Å². The standard InChI is InChI=1S/C20H26N2O5S/c1-25-17-6-4-5-16(13-17)15-21-9-11-22(12-10-21)28(23,24)20-14-18(26-2)7-8-19(20)27-3/h4-8,13-14H,9-12,15H2,1-3H3/p+1. The van der Waals surface area contributed by atoms with Gasteiger partial charge < -0.3 is 19.1 Å². The molecule has 0 radical (unpaired) electrons. The lowest BCUT2D eigenvalue weighted by Gasteiger charge is -2.32. The van der Waals surface area contributed by atoms with Crippen LogP contribution in [0.25, 0.3) is 0 Å². The van der Waals surface area contributed by atoms with Crippen molar-refractivity contribution in [1.82, 2.24) is 4.31 Å². The van der Waals surface area contributed by atoms with Gasteiger partial charge in [-0.25, -0.2) is 8.42 Å². The Morgan fingerprint density at radius 2 is 1.61 bits per heavy atom. The number of methoxy groups -OCH3 is 3. The van der Waals surface area contributed by atoms with E-state index >= 15 is 0 Å². The number of quaternary nitrogens is 1. The molecule has 1 aliphatic heterocycles. The molecule has 0 amide bonds. The van der Waals surface area contributed by atoms with E-state index in [0.717, 1.165) is 25.4 Å². The lowest BCUT2D eigenvalue weighted by molar-refractivity contribution is -0.917. The van der Waals surface area contributed by atoms with E-state index in [2.05, 4.69) is 6.07 Å².